The molecule has 0 N–H and O–H groups in total. The van der Waals surface area contributed by atoms with Crippen molar-refractivity contribution in [1.82, 2.24) is 0 Å². The Hall–Kier alpha value is -1.19. The quantitative estimate of drug-likeness (QED) is 0.463. The van der Waals surface area contributed by atoms with Crippen LogP contribution in [0.2, 0.25) is 0 Å². The lowest BCUT2D eigenvalue weighted by Gasteiger charge is -2.23. The number of thioether (sulfide) groups is 1. The molecule has 0 aromatic heterocycles. The number of anilines is 1. The van der Waals surface area contributed by atoms with Crippen LogP contribution in [0.25, 0.3) is 0 Å². The highest BCUT2D eigenvalue weighted by Gasteiger charge is 2.48. The first-order valence-electron chi connectivity index (χ1n) is 5.82. The van der Waals surface area contributed by atoms with Crippen molar-refractivity contribution in [3.05, 3.63) is 34.4 Å². The Morgan fingerprint density at radius 3 is 2.85 bits per heavy atom. The fourth-order valence-electron chi connectivity index (χ4n) is 2.53. The number of thiocarbonyl (C=S) groups is 1. The van der Waals surface area contributed by atoms with Gasteiger partial charge in [-0.15, -0.1) is 0 Å². The van der Waals surface area contributed by atoms with Crippen LogP contribution in [-0.2, 0) is 9.84 Å². The van der Waals surface area contributed by atoms with E-state index in [2.05, 4.69) is 0 Å². The van der Waals surface area contributed by atoms with Gasteiger partial charge >= 0.3 is 0 Å². The van der Waals surface area contributed by atoms with E-state index in [1.165, 1.54) is 23.9 Å². The summed E-state index contributed by atoms with van der Waals surface area (Å²) in [6.45, 7) is 0. The van der Waals surface area contributed by atoms with E-state index < -0.39 is 14.8 Å². The van der Waals surface area contributed by atoms with Crippen molar-refractivity contribution in [2.45, 2.75) is 11.3 Å². The van der Waals surface area contributed by atoms with E-state index >= 15 is 0 Å². The maximum absolute atomic E-state index is 11.7. The third-order valence-electron chi connectivity index (χ3n) is 3.37. The average Bonchev–Trinajstić information content (AvgIpc) is 2.79. The zero-order valence-corrected chi connectivity index (χ0v) is 12.6. The van der Waals surface area contributed by atoms with E-state index in [1.807, 2.05) is 0 Å². The molecule has 0 aliphatic carbocycles. The Bertz CT molecular complexity index is 703. The van der Waals surface area contributed by atoms with Crippen molar-refractivity contribution in [2.75, 3.05) is 16.4 Å². The number of non-ortho nitro benzene ring substituents is 1. The number of sulfone groups is 1. The highest BCUT2D eigenvalue weighted by atomic mass is 32.2. The van der Waals surface area contributed by atoms with Gasteiger partial charge in [0.15, 0.2) is 9.84 Å². The Morgan fingerprint density at radius 2 is 2.15 bits per heavy atom. The molecule has 0 spiro atoms. The zero-order chi connectivity index (χ0) is 14.5. The van der Waals surface area contributed by atoms with Gasteiger partial charge in [-0.25, -0.2) is 8.42 Å². The van der Waals surface area contributed by atoms with Gasteiger partial charge in [0.25, 0.3) is 5.69 Å². The lowest BCUT2D eigenvalue weighted by Crippen LogP contribution is -2.36. The van der Waals surface area contributed by atoms with Crippen molar-refractivity contribution in [3.8, 4) is 0 Å². The van der Waals surface area contributed by atoms with Crippen LogP contribution in [0.15, 0.2) is 24.3 Å². The normalized spacial score (nSPS) is 27.6. The lowest BCUT2D eigenvalue weighted by molar-refractivity contribution is -0.384. The van der Waals surface area contributed by atoms with E-state index in [0.29, 0.717) is 10.0 Å². The molecule has 0 amide bonds. The second kappa shape index (κ2) is 4.68. The number of fused-ring (bicyclic) bond motifs is 1. The molecule has 20 heavy (non-hydrogen) atoms. The second-order valence-corrected chi connectivity index (χ2v) is 8.74. The molecule has 106 valence electrons. The van der Waals surface area contributed by atoms with E-state index in [9.17, 15) is 18.5 Å². The molecule has 0 saturated carbocycles. The van der Waals surface area contributed by atoms with E-state index in [4.69, 9.17) is 12.2 Å². The third-order valence-corrected chi connectivity index (χ3v) is 6.97. The minimum absolute atomic E-state index is 0.0281. The Kier molecular flexibility index (Phi) is 3.22. The summed E-state index contributed by atoms with van der Waals surface area (Å²) in [5.74, 6) is 0.168. The number of hydrogen-bond acceptors (Lipinski definition) is 6. The molecule has 0 bridgehead atoms. The molecule has 2 aliphatic heterocycles. The van der Waals surface area contributed by atoms with Crippen LogP contribution >= 0.6 is 24.0 Å². The topological polar surface area (TPSA) is 80.5 Å². The van der Waals surface area contributed by atoms with Crippen molar-refractivity contribution < 1.29 is 13.3 Å². The number of nitro groups is 1. The molecule has 2 fully saturated rings. The molecule has 2 heterocycles. The first-order valence-corrected chi connectivity index (χ1v) is 8.93. The molecule has 0 radical (unpaired) electrons. The summed E-state index contributed by atoms with van der Waals surface area (Å²) in [4.78, 5) is 12.1. The molecule has 3 rings (SSSR count). The summed E-state index contributed by atoms with van der Waals surface area (Å²) in [5, 5.41) is 10.8. The van der Waals surface area contributed by atoms with Crippen LogP contribution in [0.4, 0.5) is 11.4 Å². The van der Waals surface area contributed by atoms with Gasteiger partial charge in [0.1, 0.15) is 4.32 Å². The maximum atomic E-state index is 11.7. The van der Waals surface area contributed by atoms with Crippen molar-refractivity contribution >= 4 is 49.5 Å². The predicted octanol–water partition coefficient (Wildman–Crippen LogP) is 1.60. The molecule has 2 aliphatic rings. The SMILES string of the molecule is O=[N+]([O-])c1cccc(N2C(=S)S[C@@H]3CS(=O)(=O)C[C@@H]32)c1. The standard InChI is InChI=1S/C11H10N2O4S3/c14-13(15)8-3-1-2-7(4-8)12-9-5-20(16,17)6-10(9)19-11(12)18/h1-4,9-10H,5-6H2/t9-,10+/m0/s1. The zero-order valence-electron chi connectivity index (χ0n) is 10.1. The first kappa shape index (κ1) is 13.8. The molecule has 0 unspecified atom stereocenters. The molecule has 2 saturated heterocycles. The van der Waals surface area contributed by atoms with E-state index in [1.54, 1.807) is 17.0 Å². The van der Waals surface area contributed by atoms with E-state index in [0.717, 1.165) is 0 Å². The highest BCUT2D eigenvalue weighted by Crippen LogP contribution is 2.41. The van der Waals surface area contributed by atoms with Crippen LogP contribution in [0, 0.1) is 10.1 Å². The van der Waals surface area contributed by atoms with Gasteiger partial charge in [-0.05, 0) is 6.07 Å². The predicted molar refractivity (Wildman–Crippen MR) is 82.0 cm³/mol. The van der Waals surface area contributed by atoms with Crippen LogP contribution in [0.5, 0.6) is 0 Å². The van der Waals surface area contributed by atoms with Gasteiger partial charge in [-0.3, -0.25) is 10.1 Å². The summed E-state index contributed by atoms with van der Waals surface area (Å²) < 4.78 is 24.0. The number of nitro benzene ring substituents is 1. The minimum atomic E-state index is -3.05. The van der Waals surface area contributed by atoms with Crippen LogP contribution in [0.3, 0.4) is 0 Å². The summed E-state index contributed by atoms with van der Waals surface area (Å²) in [6.07, 6.45) is 0. The van der Waals surface area contributed by atoms with Gasteiger partial charge in [-0.2, -0.15) is 0 Å². The van der Waals surface area contributed by atoms with Crippen molar-refractivity contribution in [1.29, 1.82) is 0 Å². The number of benzene rings is 1. The molecular weight excluding hydrogens is 320 g/mol. The van der Waals surface area contributed by atoms with Crippen LogP contribution < -0.4 is 4.90 Å². The number of nitrogens with zero attached hydrogens (tertiary/aromatic N) is 2. The monoisotopic (exact) mass is 330 g/mol. The van der Waals surface area contributed by atoms with Gasteiger partial charge in [-0.1, -0.05) is 30.0 Å². The van der Waals surface area contributed by atoms with E-state index in [-0.39, 0.29) is 28.5 Å². The molecule has 2 atom stereocenters. The fraction of sp³-hybridized carbons (Fsp3) is 0.364. The molecule has 1 aromatic carbocycles. The Balaban J connectivity index is 1.99. The minimum Gasteiger partial charge on any atom is -0.322 e. The van der Waals surface area contributed by atoms with Gasteiger partial charge in [0, 0.05) is 23.1 Å². The molecule has 9 heteroatoms. The number of hydrogen-bond donors (Lipinski definition) is 0. The van der Waals surface area contributed by atoms with Gasteiger partial charge < -0.3 is 4.90 Å². The van der Waals surface area contributed by atoms with Gasteiger partial charge in [0.2, 0.25) is 0 Å². The summed E-state index contributed by atoms with van der Waals surface area (Å²) in [7, 11) is -3.05. The Labute approximate surface area is 125 Å². The summed E-state index contributed by atoms with van der Waals surface area (Å²) in [5.41, 5.74) is 0.556. The molecule has 1 aromatic rings. The molecular formula is C11H10N2O4S3. The first-order chi connectivity index (χ1) is 9.37. The van der Waals surface area contributed by atoms with Crippen molar-refractivity contribution in [2.24, 2.45) is 0 Å². The summed E-state index contributed by atoms with van der Waals surface area (Å²) >= 11 is 6.65. The maximum Gasteiger partial charge on any atom is 0.271 e. The molecule has 6 nitrogen and oxygen atoms in total. The lowest BCUT2D eigenvalue weighted by atomic mass is 10.2. The highest BCUT2D eigenvalue weighted by molar-refractivity contribution is 8.24. The smallest absolute Gasteiger partial charge is 0.271 e. The second-order valence-electron chi connectivity index (χ2n) is 4.71. The van der Waals surface area contributed by atoms with Gasteiger partial charge in [0.05, 0.1) is 22.5 Å². The fourth-order valence-corrected chi connectivity index (χ4v) is 6.90. The average molecular weight is 330 g/mol. The van der Waals surface area contributed by atoms with Crippen LogP contribution in [0.1, 0.15) is 0 Å². The largest absolute Gasteiger partial charge is 0.322 e. The number of rotatable bonds is 2. The third kappa shape index (κ3) is 2.29. The van der Waals surface area contributed by atoms with Crippen LogP contribution in [-0.4, -0.2) is 40.5 Å². The van der Waals surface area contributed by atoms with Crippen molar-refractivity contribution in [3.63, 3.8) is 0 Å². The Morgan fingerprint density at radius 1 is 1.40 bits per heavy atom. The summed E-state index contributed by atoms with van der Waals surface area (Å²) in [6, 6.07) is 5.91.